The van der Waals surface area contributed by atoms with Crippen molar-refractivity contribution < 1.29 is 4.79 Å². The van der Waals surface area contributed by atoms with Crippen molar-refractivity contribution in [1.82, 2.24) is 20.2 Å². The van der Waals surface area contributed by atoms with E-state index in [4.69, 9.17) is 0 Å². The van der Waals surface area contributed by atoms with E-state index < -0.39 is 0 Å². The van der Waals surface area contributed by atoms with Gasteiger partial charge in [0.1, 0.15) is 5.82 Å². The summed E-state index contributed by atoms with van der Waals surface area (Å²) in [4.78, 5) is 22.5. The second-order valence-electron chi connectivity index (χ2n) is 5.56. The van der Waals surface area contributed by atoms with E-state index in [1.807, 2.05) is 18.2 Å². The third-order valence-electron chi connectivity index (χ3n) is 3.29. The molecule has 2 N–H and O–H groups in total. The topological polar surface area (TPSA) is 70.2 Å². The molecular formula is C17H23N5O. The van der Waals surface area contributed by atoms with E-state index in [9.17, 15) is 4.79 Å². The Labute approximate surface area is 137 Å². The Balaban J connectivity index is 1.78. The minimum absolute atomic E-state index is 0.138. The molecule has 0 fully saturated rings. The number of hydrogen-bond donors (Lipinski definition) is 2. The van der Waals surface area contributed by atoms with Crippen LogP contribution in [-0.4, -0.2) is 48.0 Å². The molecule has 6 nitrogen and oxygen atoms in total. The molecule has 2 aromatic heterocycles. The Morgan fingerprint density at radius 3 is 2.74 bits per heavy atom. The first-order chi connectivity index (χ1) is 11.1. The lowest BCUT2D eigenvalue weighted by Gasteiger charge is -2.10. The van der Waals surface area contributed by atoms with Crippen LogP contribution in [0.25, 0.3) is 0 Å². The molecule has 6 heteroatoms. The molecule has 0 aliphatic rings. The summed E-state index contributed by atoms with van der Waals surface area (Å²) >= 11 is 0. The van der Waals surface area contributed by atoms with Crippen LogP contribution < -0.4 is 10.6 Å². The summed E-state index contributed by atoms with van der Waals surface area (Å²) in [5, 5.41) is 6.10. The van der Waals surface area contributed by atoms with E-state index in [0.29, 0.717) is 12.1 Å². The van der Waals surface area contributed by atoms with Crippen molar-refractivity contribution in [1.29, 1.82) is 0 Å². The predicted octanol–water partition coefficient (Wildman–Crippen LogP) is 1.77. The van der Waals surface area contributed by atoms with Gasteiger partial charge in [0.25, 0.3) is 5.91 Å². The maximum atomic E-state index is 12.1. The van der Waals surface area contributed by atoms with E-state index in [-0.39, 0.29) is 5.91 Å². The number of hydrogen-bond acceptors (Lipinski definition) is 5. The zero-order valence-corrected chi connectivity index (χ0v) is 13.6. The number of rotatable bonds is 8. The summed E-state index contributed by atoms with van der Waals surface area (Å²) in [6.07, 6.45) is 6.08. The lowest BCUT2D eigenvalue weighted by atomic mass is 10.2. The largest absolute Gasteiger partial charge is 0.370 e. The van der Waals surface area contributed by atoms with Gasteiger partial charge in [0.05, 0.1) is 5.56 Å². The Morgan fingerprint density at radius 1 is 1.22 bits per heavy atom. The van der Waals surface area contributed by atoms with Crippen molar-refractivity contribution >= 4 is 11.7 Å². The fourth-order valence-electron chi connectivity index (χ4n) is 2.03. The highest BCUT2D eigenvalue weighted by atomic mass is 16.1. The molecule has 2 aromatic rings. The fraction of sp³-hybridized carbons (Fsp3) is 0.353. The molecule has 0 aliphatic heterocycles. The highest BCUT2D eigenvalue weighted by molar-refractivity contribution is 5.93. The van der Waals surface area contributed by atoms with Gasteiger partial charge in [-0.1, -0.05) is 6.07 Å². The van der Waals surface area contributed by atoms with E-state index in [1.54, 1.807) is 24.7 Å². The number of carbonyl (C=O) groups excluding carboxylic acids is 1. The fourth-order valence-corrected chi connectivity index (χ4v) is 2.03. The number of nitrogens with one attached hydrogen (secondary N) is 2. The SMILES string of the molecule is CN(C)CCCNc1ccc(C(=O)NCc2cccnc2)cn1. The molecule has 0 bridgehead atoms. The Kier molecular flexibility index (Phi) is 6.50. The standard InChI is InChI=1S/C17H23N5O/c1-22(2)10-4-9-19-16-7-6-15(13-20-16)17(23)21-12-14-5-3-8-18-11-14/h3,5-8,11,13H,4,9-10,12H2,1-2H3,(H,19,20)(H,21,23). The lowest BCUT2D eigenvalue weighted by molar-refractivity contribution is 0.0950. The Morgan fingerprint density at radius 2 is 2.09 bits per heavy atom. The van der Waals surface area contributed by atoms with Crippen molar-refractivity contribution in [3.8, 4) is 0 Å². The van der Waals surface area contributed by atoms with Gasteiger partial charge in [0, 0.05) is 31.7 Å². The van der Waals surface area contributed by atoms with Gasteiger partial charge in [-0.2, -0.15) is 0 Å². The van der Waals surface area contributed by atoms with E-state index in [2.05, 4.69) is 39.6 Å². The van der Waals surface area contributed by atoms with E-state index in [1.165, 1.54) is 0 Å². The average molecular weight is 313 g/mol. The van der Waals surface area contributed by atoms with Crippen molar-refractivity contribution in [3.05, 3.63) is 54.0 Å². The third kappa shape index (κ3) is 6.04. The molecule has 0 spiro atoms. The van der Waals surface area contributed by atoms with Gasteiger partial charge in [-0.05, 0) is 50.8 Å². The van der Waals surface area contributed by atoms with Crippen molar-refractivity contribution in [2.45, 2.75) is 13.0 Å². The predicted molar refractivity (Wildman–Crippen MR) is 91.3 cm³/mol. The summed E-state index contributed by atoms with van der Waals surface area (Å²) in [5.41, 5.74) is 1.51. The molecule has 1 amide bonds. The molecule has 0 saturated heterocycles. The first-order valence-electron chi connectivity index (χ1n) is 7.67. The third-order valence-corrected chi connectivity index (χ3v) is 3.29. The minimum atomic E-state index is -0.138. The quantitative estimate of drug-likeness (QED) is 0.727. The number of aromatic nitrogens is 2. The lowest BCUT2D eigenvalue weighted by Crippen LogP contribution is -2.23. The molecule has 2 heterocycles. The van der Waals surface area contributed by atoms with Crippen LogP contribution in [0, 0.1) is 0 Å². The minimum Gasteiger partial charge on any atom is -0.370 e. The summed E-state index contributed by atoms with van der Waals surface area (Å²) in [6.45, 7) is 2.34. The monoisotopic (exact) mass is 313 g/mol. The van der Waals surface area contributed by atoms with Crippen LogP contribution in [0.5, 0.6) is 0 Å². The molecular weight excluding hydrogens is 290 g/mol. The van der Waals surface area contributed by atoms with Gasteiger partial charge < -0.3 is 15.5 Å². The summed E-state index contributed by atoms with van der Waals surface area (Å²) in [5.74, 6) is 0.646. The number of amides is 1. The highest BCUT2D eigenvalue weighted by Gasteiger charge is 2.06. The zero-order chi connectivity index (χ0) is 16.5. The smallest absolute Gasteiger partial charge is 0.253 e. The summed E-state index contributed by atoms with van der Waals surface area (Å²) in [6, 6.07) is 7.38. The maximum absolute atomic E-state index is 12.1. The first kappa shape index (κ1) is 16.9. The van der Waals surface area contributed by atoms with Crippen LogP contribution in [-0.2, 0) is 6.54 Å². The normalized spacial score (nSPS) is 10.6. The van der Waals surface area contributed by atoms with E-state index >= 15 is 0 Å². The number of pyridine rings is 2. The average Bonchev–Trinajstić information content (AvgIpc) is 2.58. The first-order valence-corrected chi connectivity index (χ1v) is 7.67. The zero-order valence-electron chi connectivity index (χ0n) is 13.6. The van der Waals surface area contributed by atoms with Crippen molar-refractivity contribution in [3.63, 3.8) is 0 Å². The molecule has 23 heavy (non-hydrogen) atoms. The van der Waals surface area contributed by atoms with Gasteiger partial charge in [-0.3, -0.25) is 9.78 Å². The van der Waals surface area contributed by atoms with Gasteiger partial charge in [0.15, 0.2) is 0 Å². The molecule has 2 rings (SSSR count). The summed E-state index contributed by atoms with van der Waals surface area (Å²) in [7, 11) is 4.11. The maximum Gasteiger partial charge on any atom is 0.253 e. The highest BCUT2D eigenvalue weighted by Crippen LogP contribution is 2.06. The second-order valence-corrected chi connectivity index (χ2v) is 5.56. The Hall–Kier alpha value is -2.47. The van der Waals surface area contributed by atoms with Crippen molar-refractivity contribution in [2.24, 2.45) is 0 Å². The molecule has 0 atom stereocenters. The van der Waals surface area contributed by atoms with Crippen LogP contribution >= 0.6 is 0 Å². The molecule has 0 saturated carbocycles. The van der Waals surface area contributed by atoms with E-state index in [0.717, 1.165) is 30.9 Å². The van der Waals surface area contributed by atoms with Crippen molar-refractivity contribution in [2.75, 3.05) is 32.5 Å². The second kappa shape index (κ2) is 8.85. The summed E-state index contributed by atoms with van der Waals surface area (Å²) < 4.78 is 0. The van der Waals surface area contributed by atoms with Crippen LogP contribution in [0.1, 0.15) is 22.3 Å². The molecule has 0 aromatic carbocycles. The van der Waals surface area contributed by atoms with Gasteiger partial charge >= 0.3 is 0 Å². The van der Waals surface area contributed by atoms with Crippen LogP contribution in [0.3, 0.4) is 0 Å². The van der Waals surface area contributed by atoms with Crippen LogP contribution in [0.15, 0.2) is 42.9 Å². The molecule has 122 valence electrons. The molecule has 0 unspecified atom stereocenters. The van der Waals surface area contributed by atoms with Gasteiger partial charge in [-0.15, -0.1) is 0 Å². The van der Waals surface area contributed by atoms with Gasteiger partial charge in [0.2, 0.25) is 0 Å². The molecule has 0 radical (unpaired) electrons. The molecule has 0 aliphatic carbocycles. The Bertz CT molecular complexity index is 598. The number of nitrogens with zero attached hydrogens (tertiary/aromatic N) is 3. The van der Waals surface area contributed by atoms with Crippen LogP contribution in [0.4, 0.5) is 5.82 Å². The van der Waals surface area contributed by atoms with Crippen LogP contribution in [0.2, 0.25) is 0 Å². The van der Waals surface area contributed by atoms with Gasteiger partial charge in [-0.25, -0.2) is 4.98 Å². The number of anilines is 1. The number of carbonyl (C=O) groups is 1.